The summed E-state index contributed by atoms with van der Waals surface area (Å²) < 4.78 is 0. The highest BCUT2D eigenvalue weighted by atomic mass is 16.2. The zero-order valence-electron chi connectivity index (χ0n) is 26.3. The van der Waals surface area contributed by atoms with Crippen LogP contribution in [-0.2, 0) is 33.6 Å². The molecule has 44 heavy (non-hydrogen) atoms. The van der Waals surface area contributed by atoms with Crippen LogP contribution in [0.1, 0.15) is 64.9 Å². The number of carbonyl (C=O) groups is 7. The second-order valence-corrected chi connectivity index (χ2v) is 10.9. The number of nitrogens with one attached hydrogen (secondary N) is 5. The van der Waals surface area contributed by atoms with Crippen LogP contribution < -0.4 is 26.6 Å². The smallest absolute Gasteiger partial charge is 0.239 e. The Morgan fingerprint density at radius 1 is 0.750 bits per heavy atom. The summed E-state index contributed by atoms with van der Waals surface area (Å²) in [5.41, 5.74) is 1.32. The number of nitrogens with zero attached hydrogens (tertiary/aromatic N) is 1. The molecule has 0 bridgehead atoms. The molecule has 1 aliphatic heterocycles. The molecule has 0 radical (unpaired) electrons. The minimum absolute atomic E-state index is 0.118. The second kappa shape index (κ2) is 21.4. The Hall–Kier alpha value is -4.29. The van der Waals surface area contributed by atoms with Gasteiger partial charge in [0.25, 0.3) is 0 Å². The largest absolute Gasteiger partial charge is 0.355 e. The van der Waals surface area contributed by atoms with Crippen LogP contribution in [0.2, 0.25) is 0 Å². The molecular weight excluding hydrogens is 568 g/mol. The van der Waals surface area contributed by atoms with Crippen molar-refractivity contribution in [1.29, 1.82) is 0 Å². The number of rotatable bonds is 17. The summed E-state index contributed by atoms with van der Waals surface area (Å²) in [6.45, 7) is 7.49. The molecule has 1 saturated heterocycles. The van der Waals surface area contributed by atoms with Gasteiger partial charge in [0, 0.05) is 31.8 Å². The Morgan fingerprint density at radius 3 is 1.68 bits per heavy atom. The maximum atomic E-state index is 12.3. The maximum absolute atomic E-state index is 12.3. The zero-order chi connectivity index (χ0) is 32.9. The van der Waals surface area contributed by atoms with Crippen molar-refractivity contribution in [2.45, 2.75) is 66.2 Å². The van der Waals surface area contributed by atoms with Gasteiger partial charge in [0.15, 0.2) is 0 Å². The fraction of sp³-hybridized carbons (Fsp3) is 0.581. The Kier molecular flexibility index (Phi) is 18.4. The summed E-state index contributed by atoms with van der Waals surface area (Å²) in [5, 5.41) is 12.1. The molecule has 1 atom stereocenters. The molecule has 2 rings (SSSR count). The number of hydrogen-bond acceptors (Lipinski definition) is 7. The van der Waals surface area contributed by atoms with Gasteiger partial charge < -0.3 is 26.6 Å². The van der Waals surface area contributed by atoms with Gasteiger partial charge in [0.2, 0.25) is 41.4 Å². The molecular formula is C31H48N6O7. The third-order valence-corrected chi connectivity index (χ3v) is 6.67. The number of carbonyl (C=O) groups excluding carboxylic acids is 7. The van der Waals surface area contributed by atoms with Crippen molar-refractivity contribution in [3.63, 3.8) is 0 Å². The molecule has 1 aliphatic rings. The lowest BCUT2D eigenvalue weighted by Gasteiger charge is -2.16. The quantitative estimate of drug-likeness (QED) is 0.125. The molecule has 1 fully saturated rings. The zero-order valence-corrected chi connectivity index (χ0v) is 26.3. The first-order chi connectivity index (χ1) is 20.9. The van der Waals surface area contributed by atoms with Crippen LogP contribution in [-0.4, -0.2) is 85.5 Å². The van der Waals surface area contributed by atoms with Crippen LogP contribution in [0.25, 0.3) is 0 Å². The van der Waals surface area contributed by atoms with Crippen molar-refractivity contribution in [2.75, 3.05) is 39.3 Å². The van der Waals surface area contributed by atoms with E-state index in [1.807, 2.05) is 39.0 Å². The molecule has 1 unspecified atom stereocenters. The highest BCUT2D eigenvalue weighted by molar-refractivity contribution is 6.03. The van der Waals surface area contributed by atoms with E-state index in [0.717, 1.165) is 6.42 Å². The van der Waals surface area contributed by atoms with Crippen LogP contribution in [0.15, 0.2) is 30.3 Å². The van der Waals surface area contributed by atoms with E-state index in [4.69, 9.17) is 0 Å². The van der Waals surface area contributed by atoms with Gasteiger partial charge in [-0.1, -0.05) is 63.1 Å². The average molecular weight is 617 g/mol. The van der Waals surface area contributed by atoms with Crippen molar-refractivity contribution in [3.8, 4) is 0 Å². The third kappa shape index (κ3) is 16.4. The summed E-state index contributed by atoms with van der Waals surface area (Å²) in [4.78, 5) is 84.1. The summed E-state index contributed by atoms with van der Waals surface area (Å²) in [6, 6.07) is 10.3. The Balaban J connectivity index is 0.00000120. The standard InChI is InChI=1S/C24H40N6O7.C7H8/c1-4-9-25-19(32)12-27-21(34)14-29-22(35)15-28-20(33)13-26-18(31)8-6-5-7-10-30-23(36)11-17(16(2)3)24(30)37;1-7-5-3-2-4-6-7/h16-17H,4-15H2,1-3H3,(H,25,32)(H,26,31)(H,27,34)(H,28,33)(H,29,35);2-6H,1H3. The maximum Gasteiger partial charge on any atom is 0.239 e. The number of likely N-dealkylation sites (tertiary alicyclic amines) is 1. The van der Waals surface area contributed by atoms with Gasteiger partial charge in [-0.15, -0.1) is 0 Å². The lowest BCUT2D eigenvalue weighted by atomic mass is 9.94. The molecule has 0 aliphatic carbocycles. The van der Waals surface area contributed by atoms with Gasteiger partial charge in [-0.05, 0) is 32.1 Å². The fourth-order valence-corrected chi connectivity index (χ4v) is 4.05. The molecule has 244 valence electrons. The first kappa shape index (κ1) is 37.7. The SMILES string of the molecule is CCCNC(=O)CNC(=O)CNC(=O)CNC(=O)CNC(=O)CCCCCN1C(=O)CC(C(C)C)C1=O.Cc1ccccc1. The minimum Gasteiger partial charge on any atom is -0.355 e. The van der Waals surface area contributed by atoms with Gasteiger partial charge in [0.05, 0.1) is 26.2 Å². The average Bonchev–Trinajstić information content (AvgIpc) is 3.29. The van der Waals surface area contributed by atoms with Crippen molar-refractivity contribution >= 4 is 41.4 Å². The number of hydrogen-bond donors (Lipinski definition) is 5. The van der Waals surface area contributed by atoms with Gasteiger partial charge in [-0.25, -0.2) is 0 Å². The molecule has 1 heterocycles. The van der Waals surface area contributed by atoms with Crippen LogP contribution in [0.4, 0.5) is 0 Å². The van der Waals surface area contributed by atoms with E-state index < -0.39 is 17.7 Å². The summed E-state index contributed by atoms with van der Waals surface area (Å²) in [7, 11) is 0. The lowest BCUT2D eigenvalue weighted by molar-refractivity contribution is -0.140. The lowest BCUT2D eigenvalue weighted by Crippen LogP contribution is -2.45. The highest BCUT2D eigenvalue weighted by Gasteiger charge is 2.39. The van der Waals surface area contributed by atoms with E-state index in [1.165, 1.54) is 10.5 Å². The van der Waals surface area contributed by atoms with Crippen LogP contribution in [0.3, 0.4) is 0 Å². The number of imide groups is 1. The fourth-order valence-electron chi connectivity index (χ4n) is 4.05. The number of benzene rings is 1. The number of unbranched alkanes of at least 4 members (excludes halogenated alkanes) is 2. The molecule has 1 aromatic rings. The second-order valence-electron chi connectivity index (χ2n) is 10.9. The minimum atomic E-state index is -0.597. The molecule has 1 aromatic carbocycles. The van der Waals surface area contributed by atoms with E-state index >= 15 is 0 Å². The van der Waals surface area contributed by atoms with Crippen LogP contribution in [0, 0.1) is 18.8 Å². The molecule has 0 spiro atoms. The van der Waals surface area contributed by atoms with Crippen molar-refractivity contribution in [1.82, 2.24) is 31.5 Å². The van der Waals surface area contributed by atoms with Crippen LogP contribution in [0.5, 0.6) is 0 Å². The van der Waals surface area contributed by atoms with Crippen LogP contribution >= 0.6 is 0 Å². The first-order valence-corrected chi connectivity index (χ1v) is 15.1. The number of aryl methyl sites for hydroxylation is 1. The monoisotopic (exact) mass is 616 g/mol. The number of amides is 7. The molecule has 0 saturated carbocycles. The van der Waals surface area contributed by atoms with Gasteiger partial charge in [-0.2, -0.15) is 0 Å². The van der Waals surface area contributed by atoms with E-state index in [-0.39, 0.29) is 74.5 Å². The van der Waals surface area contributed by atoms with Gasteiger partial charge >= 0.3 is 0 Å². The van der Waals surface area contributed by atoms with E-state index in [9.17, 15) is 33.6 Å². The summed E-state index contributed by atoms with van der Waals surface area (Å²) >= 11 is 0. The molecule has 5 N–H and O–H groups in total. The molecule has 13 nitrogen and oxygen atoms in total. The summed E-state index contributed by atoms with van der Waals surface area (Å²) in [5.74, 6) is -2.74. The molecule has 13 heteroatoms. The van der Waals surface area contributed by atoms with Gasteiger partial charge in [-0.3, -0.25) is 38.5 Å². The normalized spacial score (nSPS) is 13.9. The van der Waals surface area contributed by atoms with E-state index in [2.05, 4.69) is 45.6 Å². The first-order valence-electron chi connectivity index (χ1n) is 15.1. The Bertz CT molecular complexity index is 1110. The van der Waals surface area contributed by atoms with Crippen molar-refractivity contribution < 1.29 is 33.6 Å². The molecule has 0 aromatic heterocycles. The topological polar surface area (TPSA) is 183 Å². The van der Waals surface area contributed by atoms with Gasteiger partial charge in [0.1, 0.15) is 0 Å². The Labute approximate surface area is 259 Å². The van der Waals surface area contributed by atoms with E-state index in [0.29, 0.717) is 32.4 Å². The predicted octanol–water partition coefficient (Wildman–Crippen LogP) is 0.564. The Morgan fingerprint density at radius 2 is 1.25 bits per heavy atom. The molecule has 7 amide bonds. The summed E-state index contributed by atoms with van der Waals surface area (Å²) in [6.07, 6.45) is 3.03. The van der Waals surface area contributed by atoms with E-state index in [1.54, 1.807) is 0 Å². The predicted molar refractivity (Wildman–Crippen MR) is 165 cm³/mol. The van der Waals surface area contributed by atoms with Crippen molar-refractivity contribution in [2.24, 2.45) is 11.8 Å². The van der Waals surface area contributed by atoms with Crippen molar-refractivity contribution in [3.05, 3.63) is 35.9 Å². The highest BCUT2D eigenvalue weighted by Crippen LogP contribution is 2.26. The third-order valence-electron chi connectivity index (χ3n) is 6.67.